The molecule has 2 aromatic rings. The second-order valence-electron chi connectivity index (χ2n) is 5.66. The number of benzene rings is 2. The Morgan fingerprint density at radius 1 is 1.11 bits per heavy atom. The van der Waals surface area contributed by atoms with Crippen LogP contribution in [0.4, 0.5) is 5.69 Å². The first-order valence-electron chi connectivity index (χ1n) is 8.35. The van der Waals surface area contributed by atoms with E-state index in [0.717, 1.165) is 5.56 Å². The van der Waals surface area contributed by atoms with Crippen LogP contribution < -0.4 is 14.8 Å². The molecule has 0 fully saturated rings. The molecule has 28 heavy (non-hydrogen) atoms. The first-order chi connectivity index (χ1) is 13.5. The Kier molecular flexibility index (Phi) is 7.38. The lowest BCUT2D eigenvalue weighted by molar-refractivity contribution is -0.120. The predicted molar refractivity (Wildman–Crippen MR) is 104 cm³/mol. The number of rotatable bonds is 8. The smallest absolute Gasteiger partial charge is 0.337 e. The number of carbonyl (C=O) groups is 2. The molecule has 0 saturated heterocycles. The fourth-order valence-corrected chi connectivity index (χ4v) is 2.39. The summed E-state index contributed by atoms with van der Waals surface area (Å²) >= 11 is 0. The molecule has 2 aromatic carbocycles. The van der Waals surface area contributed by atoms with Crippen molar-refractivity contribution < 1.29 is 28.6 Å². The zero-order chi connectivity index (χ0) is 20.5. The third-order valence-electron chi connectivity index (χ3n) is 3.83. The fourth-order valence-electron chi connectivity index (χ4n) is 2.39. The van der Waals surface area contributed by atoms with E-state index in [-0.39, 0.29) is 6.61 Å². The Morgan fingerprint density at radius 3 is 2.57 bits per heavy atom. The van der Waals surface area contributed by atoms with Gasteiger partial charge in [-0.1, -0.05) is 17.3 Å². The van der Waals surface area contributed by atoms with Crippen LogP contribution >= 0.6 is 0 Å². The highest BCUT2D eigenvalue weighted by atomic mass is 16.6. The molecule has 0 heterocycles. The lowest BCUT2D eigenvalue weighted by atomic mass is 10.1. The van der Waals surface area contributed by atoms with Crippen molar-refractivity contribution in [2.75, 3.05) is 33.3 Å². The van der Waals surface area contributed by atoms with Gasteiger partial charge in [-0.05, 0) is 36.8 Å². The number of hydrogen-bond donors (Lipinski definition) is 1. The zero-order valence-corrected chi connectivity index (χ0v) is 16.1. The van der Waals surface area contributed by atoms with E-state index >= 15 is 0 Å². The first-order valence-corrected chi connectivity index (χ1v) is 8.35. The Labute approximate surface area is 163 Å². The third-order valence-corrected chi connectivity index (χ3v) is 3.83. The average molecular weight is 386 g/mol. The van der Waals surface area contributed by atoms with Crippen molar-refractivity contribution in [3.05, 3.63) is 53.1 Å². The molecule has 0 saturated carbocycles. The quantitative estimate of drug-likeness (QED) is 0.426. The van der Waals surface area contributed by atoms with E-state index in [1.54, 1.807) is 36.4 Å². The Hall–Kier alpha value is -3.55. The van der Waals surface area contributed by atoms with Gasteiger partial charge in [-0.2, -0.15) is 0 Å². The normalized spacial score (nSPS) is 10.4. The molecule has 0 bridgehead atoms. The van der Waals surface area contributed by atoms with Crippen LogP contribution in [0.1, 0.15) is 21.5 Å². The average Bonchev–Trinajstić information content (AvgIpc) is 2.71. The van der Waals surface area contributed by atoms with Crippen LogP contribution in [0.3, 0.4) is 0 Å². The van der Waals surface area contributed by atoms with Crippen molar-refractivity contribution >= 4 is 23.8 Å². The molecule has 0 aliphatic heterocycles. The highest BCUT2D eigenvalue weighted by Crippen LogP contribution is 2.29. The van der Waals surface area contributed by atoms with E-state index in [1.165, 1.54) is 27.5 Å². The lowest BCUT2D eigenvalue weighted by Crippen LogP contribution is -2.18. The van der Waals surface area contributed by atoms with Gasteiger partial charge in [-0.15, -0.1) is 0 Å². The molecule has 0 unspecified atom stereocenters. The van der Waals surface area contributed by atoms with Crippen molar-refractivity contribution in [2.45, 2.75) is 6.92 Å². The minimum atomic E-state index is -0.483. The summed E-state index contributed by atoms with van der Waals surface area (Å²) in [5.41, 5.74) is 2.27. The van der Waals surface area contributed by atoms with Gasteiger partial charge in [0.25, 0.3) is 5.91 Å². The summed E-state index contributed by atoms with van der Waals surface area (Å²) in [5.74, 6) is 0.172. The molecule has 1 N–H and O–H groups in total. The fraction of sp³-hybridized carbons (Fsp3) is 0.250. The van der Waals surface area contributed by atoms with Crippen LogP contribution in [-0.2, 0) is 14.4 Å². The molecule has 0 aliphatic carbocycles. The summed E-state index contributed by atoms with van der Waals surface area (Å²) in [7, 11) is 4.36. The minimum Gasteiger partial charge on any atom is -0.493 e. The number of oxime groups is 1. The summed E-state index contributed by atoms with van der Waals surface area (Å²) in [6, 6.07) is 10.2. The van der Waals surface area contributed by atoms with Crippen LogP contribution in [0.25, 0.3) is 0 Å². The zero-order valence-electron chi connectivity index (χ0n) is 16.1. The van der Waals surface area contributed by atoms with Crippen LogP contribution in [0.15, 0.2) is 41.6 Å². The summed E-state index contributed by atoms with van der Waals surface area (Å²) in [5, 5.41) is 6.47. The number of ether oxygens (including phenoxy) is 3. The highest BCUT2D eigenvalue weighted by Gasteiger charge is 2.11. The Balaban J connectivity index is 1.97. The number of anilines is 1. The molecule has 0 aromatic heterocycles. The molecule has 1 amide bonds. The molecule has 8 heteroatoms. The molecule has 0 atom stereocenters. The monoisotopic (exact) mass is 386 g/mol. The molecular weight excluding hydrogens is 364 g/mol. The topological polar surface area (TPSA) is 95.5 Å². The number of amides is 1. The Morgan fingerprint density at radius 2 is 1.89 bits per heavy atom. The van der Waals surface area contributed by atoms with Crippen LogP contribution in [0, 0.1) is 6.92 Å². The molecule has 2 rings (SSSR count). The predicted octanol–water partition coefficient (Wildman–Crippen LogP) is 2.79. The highest BCUT2D eigenvalue weighted by molar-refractivity contribution is 5.95. The van der Waals surface area contributed by atoms with E-state index in [4.69, 9.17) is 14.3 Å². The van der Waals surface area contributed by atoms with Gasteiger partial charge in [-0.3, -0.25) is 4.79 Å². The van der Waals surface area contributed by atoms with Gasteiger partial charge in [0.15, 0.2) is 18.1 Å². The third kappa shape index (κ3) is 5.23. The van der Waals surface area contributed by atoms with Crippen molar-refractivity contribution in [1.29, 1.82) is 0 Å². The van der Waals surface area contributed by atoms with E-state index < -0.39 is 11.9 Å². The molecular formula is C20H22N2O6. The second-order valence-corrected chi connectivity index (χ2v) is 5.66. The summed E-state index contributed by atoms with van der Waals surface area (Å²) in [6.07, 6.45) is 1.43. The van der Waals surface area contributed by atoms with Crippen LogP contribution in [0.2, 0.25) is 0 Å². The number of nitrogens with one attached hydrogen (secondary N) is 1. The van der Waals surface area contributed by atoms with Crippen molar-refractivity contribution in [3.63, 3.8) is 0 Å². The maximum Gasteiger partial charge on any atom is 0.337 e. The van der Waals surface area contributed by atoms with Gasteiger partial charge in [-0.25, -0.2) is 4.79 Å². The number of methoxy groups -OCH3 is 3. The second kappa shape index (κ2) is 9.96. The van der Waals surface area contributed by atoms with Crippen molar-refractivity contribution in [1.82, 2.24) is 0 Å². The minimum absolute atomic E-state index is 0.301. The van der Waals surface area contributed by atoms with Gasteiger partial charge in [0.1, 0.15) is 0 Å². The van der Waals surface area contributed by atoms with Crippen molar-refractivity contribution in [2.24, 2.45) is 5.16 Å². The largest absolute Gasteiger partial charge is 0.493 e. The van der Waals surface area contributed by atoms with Crippen LogP contribution in [0.5, 0.6) is 11.5 Å². The number of esters is 1. The molecule has 0 aliphatic rings. The van der Waals surface area contributed by atoms with Gasteiger partial charge in [0.2, 0.25) is 0 Å². The summed E-state index contributed by atoms with van der Waals surface area (Å²) in [4.78, 5) is 28.7. The number of aryl methyl sites for hydroxylation is 1. The van der Waals surface area contributed by atoms with E-state index in [1.807, 2.05) is 6.92 Å². The van der Waals surface area contributed by atoms with Gasteiger partial charge >= 0.3 is 5.97 Å². The van der Waals surface area contributed by atoms with Gasteiger partial charge in [0, 0.05) is 11.3 Å². The molecule has 148 valence electrons. The maximum atomic E-state index is 12.1. The summed E-state index contributed by atoms with van der Waals surface area (Å²) < 4.78 is 15.2. The van der Waals surface area contributed by atoms with Gasteiger partial charge in [0.05, 0.1) is 33.1 Å². The standard InChI is InChI=1S/C20H22N2O6/c1-13-8-9-14(20(24)27-4)10-16(13)22-18(23)12-28-21-11-15-6-5-7-17(25-2)19(15)26-3/h5-11H,12H2,1-4H3,(H,22,23)/b21-11-. The van der Waals surface area contributed by atoms with E-state index in [0.29, 0.717) is 28.3 Å². The number of nitrogens with zero attached hydrogens (tertiary/aromatic N) is 1. The number of carbonyl (C=O) groups excluding carboxylic acids is 2. The number of hydrogen-bond acceptors (Lipinski definition) is 7. The Bertz CT molecular complexity index is 879. The van der Waals surface area contributed by atoms with Gasteiger partial charge < -0.3 is 24.4 Å². The molecule has 0 radical (unpaired) electrons. The SMILES string of the molecule is COC(=O)c1ccc(C)c(NC(=O)CO/N=C\c2cccc(OC)c2OC)c1. The van der Waals surface area contributed by atoms with Crippen LogP contribution in [-0.4, -0.2) is 46.0 Å². The van der Waals surface area contributed by atoms with Crippen molar-refractivity contribution in [3.8, 4) is 11.5 Å². The molecule has 8 nitrogen and oxygen atoms in total. The van der Waals surface area contributed by atoms with E-state index in [2.05, 4.69) is 15.2 Å². The lowest BCUT2D eigenvalue weighted by Gasteiger charge is -2.10. The number of para-hydroxylation sites is 1. The maximum absolute atomic E-state index is 12.1. The van der Waals surface area contributed by atoms with E-state index in [9.17, 15) is 9.59 Å². The molecule has 0 spiro atoms. The first kappa shape index (κ1) is 20.8. The summed E-state index contributed by atoms with van der Waals surface area (Å²) in [6.45, 7) is 1.51.